The van der Waals surface area contributed by atoms with Gasteiger partial charge in [-0.25, -0.2) is 4.18 Å². The van der Waals surface area contributed by atoms with Gasteiger partial charge in [-0.3, -0.25) is 9.35 Å². The number of hydrogen-bond donors (Lipinski definition) is 7. The molecule has 1 amide bonds. The van der Waals surface area contributed by atoms with Crippen LogP contribution in [0.5, 0.6) is 0 Å². The molecule has 0 spiro atoms. The molecule has 0 aromatic heterocycles. The number of unbranched alkanes of at least 4 members (excludes halogenated alkanes) is 20. The molecule has 1 saturated heterocycles. The summed E-state index contributed by atoms with van der Waals surface area (Å²) in [5.74, 6) is -0.725. The SMILES string of the molecule is C/C=C/CC/C=C/CC/C=C/C(O)C(COC1OC(CO)C(O)C(OS(=O)(=O)O)C1O)NC(=O)C(O)CCCCCCCC/C=C\CCCCCCCCCCCCCC. The quantitative estimate of drug-likeness (QED) is 0.0180. The summed E-state index contributed by atoms with van der Waals surface area (Å²) in [5.41, 5.74) is 0. The Bertz CT molecular complexity index is 1280. The minimum absolute atomic E-state index is 0.225. The van der Waals surface area contributed by atoms with Crippen LogP contribution in [0.25, 0.3) is 0 Å². The lowest BCUT2D eigenvalue weighted by Crippen LogP contribution is -2.61. The number of nitrogens with one attached hydrogen (secondary N) is 1. The van der Waals surface area contributed by atoms with Crippen molar-refractivity contribution in [2.24, 2.45) is 0 Å². The summed E-state index contributed by atoms with van der Waals surface area (Å²) in [5, 5.41) is 55.0. The lowest BCUT2D eigenvalue weighted by molar-refractivity contribution is -0.298. The van der Waals surface area contributed by atoms with E-state index in [0.717, 1.165) is 64.2 Å². The van der Waals surface area contributed by atoms with E-state index in [1.165, 1.54) is 83.1 Å². The van der Waals surface area contributed by atoms with E-state index in [1.807, 2.05) is 19.1 Å². The average Bonchev–Trinajstić information content (AvgIpc) is 3.22. The third-order valence-electron chi connectivity index (χ3n) is 10.8. The Labute approximate surface area is 362 Å². The number of aliphatic hydroxyl groups excluding tert-OH is 5. The number of carbonyl (C=O) groups is 1. The van der Waals surface area contributed by atoms with Crippen LogP contribution in [0, 0.1) is 0 Å². The average molecular weight is 874 g/mol. The fraction of sp³-hybridized carbons (Fsp3) is 0.804. The van der Waals surface area contributed by atoms with Gasteiger partial charge in [0.25, 0.3) is 0 Å². The maximum Gasteiger partial charge on any atom is 0.397 e. The maximum absolute atomic E-state index is 13.1. The van der Waals surface area contributed by atoms with Gasteiger partial charge in [0.2, 0.25) is 5.91 Å². The molecule has 60 heavy (non-hydrogen) atoms. The zero-order valence-corrected chi connectivity index (χ0v) is 37.7. The Morgan fingerprint density at radius 2 is 1.18 bits per heavy atom. The van der Waals surface area contributed by atoms with Gasteiger partial charge in [0.15, 0.2) is 6.29 Å². The smallest absolute Gasteiger partial charge is 0.394 e. The van der Waals surface area contributed by atoms with Crippen LogP contribution < -0.4 is 5.32 Å². The third kappa shape index (κ3) is 28.6. The number of rotatable bonds is 38. The van der Waals surface area contributed by atoms with Gasteiger partial charge in [-0.2, -0.15) is 8.42 Å². The zero-order chi connectivity index (χ0) is 44.3. The van der Waals surface area contributed by atoms with Crippen molar-refractivity contribution < 1.29 is 57.0 Å². The van der Waals surface area contributed by atoms with Crippen molar-refractivity contribution in [2.45, 2.75) is 223 Å². The lowest BCUT2D eigenvalue weighted by Gasteiger charge is -2.41. The molecule has 0 aromatic rings. The predicted octanol–water partition coefficient (Wildman–Crippen LogP) is 7.85. The lowest BCUT2D eigenvalue weighted by atomic mass is 9.99. The predicted molar refractivity (Wildman–Crippen MR) is 237 cm³/mol. The first-order chi connectivity index (χ1) is 28.9. The third-order valence-corrected chi connectivity index (χ3v) is 11.2. The first-order valence-electron chi connectivity index (χ1n) is 23.1. The summed E-state index contributed by atoms with van der Waals surface area (Å²) in [6.45, 7) is 2.94. The van der Waals surface area contributed by atoms with E-state index in [4.69, 9.17) is 14.0 Å². The molecule has 1 heterocycles. The molecule has 1 aliphatic heterocycles. The van der Waals surface area contributed by atoms with Crippen LogP contribution in [0.15, 0.2) is 48.6 Å². The molecule has 0 radical (unpaired) electrons. The number of hydrogen-bond acceptors (Lipinski definition) is 11. The molecule has 0 bridgehead atoms. The molecule has 7 N–H and O–H groups in total. The van der Waals surface area contributed by atoms with Gasteiger partial charge in [-0.1, -0.05) is 158 Å². The summed E-state index contributed by atoms with van der Waals surface area (Å²) < 4.78 is 47.3. The van der Waals surface area contributed by atoms with Crippen LogP contribution in [0.3, 0.4) is 0 Å². The van der Waals surface area contributed by atoms with Gasteiger partial charge in [-0.05, 0) is 64.7 Å². The maximum atomic E-state index is 13.1. The fourth-order valence-electron chi connectivity index (χ4n) is 7.08. The fourth-order valence-corrected chi connectivity index (χ4v) is 7.59. The molecule has 13 nitrogen and oxygen atoms in total. The molecule has 8 atom stereocenters. The number of amides is 1. The van der Waals surface area contributed by atoms with Crippen LogP contribution in [-0.4, -0.2) is 107 Å². The van der Waals surface area contributed by atoms with Crippen LogP contribution in [0.1, 0.15) is 174 Å². The summed E-state index contributed by atoms with van der Waals surface area (Å²) in [4.78, 5) is 13.1. The van der Waals surface area contributed by atoms with Gasteiger partial charge >= 0.3 is 10.4 Å². The Morgan fingerprint density at radius 1 is 0.700 bits per heavy atom. The van der Waals surface area contributed by atoms with Gasteiger partial charge in [0.05, 0.1) is 25.4 Å². The van der Waals surface area contributed by atoms with Gasteiger partial charge in [0.1, 0.15) is 30.5 Å². The second-order valence-electron chi connectivity index (χ2n) is 16.1. The minimum Gasteiger partial charge on any atom is -0.394 e. The first kappa shape index (κ1) is 56.0. The first-order valence-corrected chi connectivity index (χ1v) is 24.5. The Kier molecular flexibility index (Phi) is 34.1. The van der Waals surface area contributed by atoms with Crippen molar-refractivity contribution in [3.05, 3.63) is 48.6 Å². The summed E-state index contributed by atoms with van der Waals surface area (Å²) in [6.07, 6.45) is 32.5. The van der Waals surface area contributed by atoms with E-state index in [2.05, 4.69) is 40.7 Å². The highest BCUT2D eigenvalue weighted by Gasteiger charge is 2.48. The van der Waals surface area contributed by atoms with E-state index in [0.29, 0.717) is 12.8 Å². The molecule has 0 aliphatic carbocycles. The normalized spacial score (nSPS) is 21.8. The Morgan fingerprint density at radius 3 is 1.70 bits per heavy atom. The summed E-state index contributed by atoms with van der Waals surface area (Å²) in [6, 6.07) is -1.14. The second kappa shape index (κ2) is 36.5. The number of carbonyl (C=O) groups excluding carboxylic acids is 1. The van der Waals surface area contributed by atoms with Gasteiger partial charge in [-0.15, -0.1) is 0 Å². The molecular formula is C46H83NO12S. The van der Waals surface area contributed by atoms with Crippen LogP contribution in [-0.2, 0) is 28.9 Å². The van der Waals surface area contributed by atoms with Crippen molar-refractivity contribution in [3.63, 3.8) is 0 Å². The van der Waals surface area contributed by atoms with E-state index in [1.54, 1.807) is 6.08 Å². The molecule has 350 valence electrons. The van der Waals surface area contributed by atoms with Crippen molar-refractivity contribution >= 4 is 16.3 Å². The monoisotopic (exact) mass is 874 g/mol. The standard InChI is InChI=1S/C46H83NO12S/c1-3-5-7-9-11-13-14-15-16-17-18-19-20-21-22-23-24-25-27-29-31-33-35-40(50)45(53)47-38(39(49)34-32-30-28-26-12-10-8-6-4-2)37-57-46-43(52)44(59-60(54,55)56)42(51)41(36-48)58-46/h4,6,12,21-22,26,32,34,38-44,46,48-52H,3,5,7-11,13-20,23-25,27-31,33,35-37H2,1-2H3,(H,47,53)(H,54,55,56)/b6-4+,22-21-,26-12+,34-32+. The zero-order valence-electron chi connectivity index (χ0n) is 36.9. The topological polar surface area (TPSA) is 212 Å². The van der Waals surface area contributed by atoms with Gasteiger partial charge in [0, 0.05) is 0 Å². The molecule has 0 saturated carbocycles. The highest BCUT2D eigenvalue weighted by molar-refractivity contribution is 7.80. The van der Waals surface area contributed by atoms with Crippen LogP contribution >= 0.6 is 0 Å². The van der Waals surface area contributed by atoms with E-state index in [9.17, 15) is 38.7 Å². The Hall–Kier alpha value is -1.98. The molecule has 1 aliphatic rings. The Balaban J connectivity index is 2.47. The minimum atomic E-state index is -5.12. The van der Waals surface area contributed by atoms with Crippen LogP contribution in [0.4, 0.5) is 0 Å². The summed E-state index contributed by atoms with van der Waals surface area (Å²) in [7, 11) is -5.12. The van der Waals surface area contributed by atoms with Crippen molar-refractivity contribution in [1.29, 1.82) is 0 Å². The van der Waals surface area contributed by atoms with Gasteiger partial charge < -0.3 is 40.3 Å². The molecule has 14 heteroatoms. The highest BCUT2D eigenvalue weighted by atomic mass is 32.3. The molecular weight excluding hydrogens is 791 g/mol. The van der Waals surface area contributed by atoms with E-state index < -0.39 is 78.5 Å². The van der Waals surface area contributed by atoms with Crippen molar-refractivity contribution in [3.8, 4) is 0 Å². The van der Waals surface area contributed by atoms with E-state index >= 15 is 0 Å². The largest absolute Gasteiger partial charge is 0.397 e. The second-order valence-corrected chi connectivity index (χ2v) is 17.2. The van der Waals surface area contributed by atoms with Crippen molar-refractivity contribution in [1.82, 2.24) is 5.32 Å². The molecule has 8 unspecified atom stereocenters. The van der Waals surface area contributed by atoms with Crippen molar-refractivity contribution in [2.75, 3.05) is 13.2 Å². The number of aliphatic hydroxyl groups is 5. The van der Waals surface area contributed by atoms with Crippen LogP contribution in [0.2, 0.25) is 0 Å². The number of allylic oxidation sites excluding steroid dienone is 7. The van der Waals surface area contributed by atoms with E-state index in [-0.39, 0.29) is 6.42 Å². The highest BCUT2D eigenvalue weighted by Crippen LogP contribution is 2.26. The molecule has 0 aromatic carbocycles. The molecule has 1 rings (SSSR count). The molecule has 1 fully saturated rings. The summed E-state index contributed by atoms with van der Waals surface area (Å²) >= 11 is 0. The number of ether oxygens (including phenoxy) is 2.